The van der Waals surface area contributed by atoms with Crippen molar-refractivity contribution in [2.45, 2.75) is 44.9 Å². The lowest BCUT2D eigenvalue weighted by molar-refractivity contribution is -0.134. The van der Waals surface area contributed by atoms with Gasteiger partial charge < -0.3 is 4.90 Å². The van der Waals surface area contributed by atoms with Crippen molar-refractivity contribution in [1.82, 2.24) is 19.9 Å². The molecule has 0 radical (unpaired) electrons. The molecule has 1 aliphatic carbocycles. The third-order valence-electron chi connectivity index (χ3n) is 5.47. The summed E-state index contributed by atoms with van der Waals surface area (Å²) in [5.74, 6) is 1.64. The van der Waals surface area contributed by atoms with Crippen LogP contribution in [0.4, 0.5) is 0 Å². The number of rotatable bonds is 3. The molecule has 0 N–H and O–H groups in total. The summed E-state index contributed by atoms with van der Waals surface area (Å²) in [7, 11) is 0. The minimum Gasteiger partial charge on any atom is -0.342 e. The van der Waals surface area contributed by atoms with Crippen LogP contribution in [0.5, 0.6) is 0 Å². The van der Waals surface area contributed by atoms with Gasteiger partial charge in [0, 0.05) is 42.9 Å². The maximum atomic E-state index is 12.7. The first kappa shape index (κ1) is 16.2. The lowest BCUT2D eigenvalue weighted by atomic mass is 9.98. The third kappa shape index (κ3) is 3.28. The Kier molecular flexibility index (Phi) is 4.47. The Balaban J connectivity index is 1.58. The van der Waals surface area contributed by atoms with Crippen molar-refractivity contribution in [1.29, 1.82) is 0 Å². The van der Waals surface area contributed by atoms with Gasteiger partial charge in [-0.05, 0) is 38.3 Å². The number of aryl methyl sites for hydroxylation is 1. The smallest absolute Gasteiger partial charge is 0.225 e. The van der Waals surface area contributed by atoms with Crippen LogP contribution in [-0.2, 0) is 4.79 Å². The molecule has 25 heavy (non-hydrogen) atoms. The summed E-state index contributed by atoms with van der Waals surface area (Å²) in [4.78, 5) is 28.4. The highest BCUT2D eigenvalue weighted by Crippen LogP contribution is 2.34. The molecule has 3 heterocycles. The Labute approximate surface area is 148 Å². The molecule has 0 spiro atoms. The molecule has 2 fully saturated rings. The molecule has 2 aliphatic rings. The number of nitrogens with zero attached hydrogens (tertiary/aromatic N) is 4. The molecule has 0 bridgehead atoms. The predicted molar refractivity (Wildman–Crippen MR) is 95.9 cm³/mol. The van der Waals surface area contributed by atoms with Crippen LogP contribution in [0.2, 0.25) is 0 Å². The summed E-state index contributed by atoms with van der Waals surface area (Å²) in [6.45, 7) is 3.53. The fourth-order valence-electron chi connectivity index (χ4n) is 4.13. The molecule has 4 rings (SSSR count). The van der Waals surface area contributed by atoms with Gasteiger partial charge in [-0.3, -0.25) is 9.78 Å². The molecule has 2 aromatic heterocycles. The Morgan fingerprint density at radius 2 is 2.00 bits per heavy atom. The van der Waals surface area contributed by atoms with Crippen molar-refractivity contribution in [2.24, 2.45) is 5.92 Å². The minimum atomic E-state index is 0.251. The average molecular weight is 336 g/mol. The minimum absolute atomic E-state index is 0.251. The quantitative estimate of drug-likeness (QED) is 0.862. The Morgan fingerprint density at radius 1 is 1.16 bits per heavy atom. The van der Waals surface area contributed by atoms with Crippen LogP contribution >= 0.6 is 0 Å². The van der Waals surface area contributed by atoms with Gasteiger partial charge in [-0.1, -0.05) is 18.9 Å². The number of pyridine rings is 1. The highest BCUT2D eigenvalue weighted by Gasteiger charge is 2.34. The summed E-state index contributed by atoms with van der Waals surface area (Å²) in [6.07, 6.45) is 9.16. The fourth-order valence-corrected chi connectivity index (χ4v) is 4.13. The zero-order chi connectivity index (χ0) is 17.2. The normalized spacial score (nSPS) is 21.0. The second-order valence-electron chi connectivity index (χ2n) is 7.18. The third-order valence-corrected chi connectivity index (χ3v) is 5.47. The first-order valence-corrected chi connectivity index (χ1v) is 9.26. The molecule has 1 saturated carbocycles. The zero-order valence-corrected chi connectivity index (χ0v) is 14.7. The van der Waals surface area contributed by atoms with E-state index < -0.39 is 0 Å². The second-order valence-corrected chi connectivity index (χ2v) is 7.18. The maximum absolute atomic E-state index is 12.7. The van der Waals surface area contributed by atoms with Crippen LogP contribution in [0, 0.1) is 12.8 Å². The number of amides is 1. The van der Waals surface area contributed by atoms with Crippen molar-refractivity contribution in [2.75, 3.05) is 13.1 Å². The van der Waals surface area contributed by atoms with E-state index in [9.17, 15) is 4.79 Å². The topological polar surface area (TPSA) is 59.0 Å². The van der Waals surface area contributed by atoms with Gasteiger partial charge in [-0.15, -0.1) is 0 Å². The van der Waals surface area contributed by atoms with Gasteiger partial charge in [0.05, 0.1) is 11.4 Å². The van der Waals surface area contributed by atoms with Crippen molar-refractivity contribution >= 4 is 5.91 Å². The fraction of sp³-hybridized carbons (Fsp3) is 0.500. The van der Waals surface area contributed by atoms with Crippen molar-refractivity contribution in [3.05, 3.63) is 42.1 Å². The van der Waals surface area contributed by atoms with Gasteiger partial charge in [-0.2, -0.15) is 0 Å². The molecule has 1 amide bonds. The van der Waals surface area contributed by atoms with E-state index in [1.54, 1.807) is 6.20 Å². The Hall–Kier alpha value is -2.30. The van der Waals surface area contributed by atoms with Gasteiger partial charge in [0.2, 0.25) is 5.91 Å². The predicted octanol–water partition coefficient (Wildman–Crippen LogP) is 3.35. The lowest BCUT2D eigenvalue weighted by Crippen LogP contribution is -2.33. The Bertz CT molecular complexity index is 756. The SMILES string of the molecule is Cc1ncc(-c2ccccn2)c([C@@H]2CCN(C(=O)C3CCCC3)C2)n1. The number of hydrogen-bond acceptors (Lipinski definition) is 4. The van der Waals surface area contributed by atoms with Gasteiger partial charge in [0.1, 0.15) is 5.82 Å². The molecule has 5 heteroatoms. The van der Waals surface area contributed by atoms with Gasteiger partial charge in [0.15, 0.2) is 0 Å². The van der Waals surface area contributed by atoms with Crippen LogP contribution in [0.3, 0.4) is 0 Å². The molecule has 5 nitrogen and oxygen atoms in total. The largest absolute Gasteiger partial charge is 0.342 e. The van der Waals surface area contributed by atoms with Crippen LogP contribution in [0.25, 0.3) is 11.3 Å². The monoisotopic (exact) mass is 336 g/mol. The zero-order valence-electron chi connectivity index (χ0n) is 14.7. The van der Waals surface area contributed by atoms with E-state index in [0.29, 0.717) is 5.91 Å². The van der Waals surface area contributed by atoms with Crippen LogP contribution in [0.1, 0.15) is 49.5 Å². The highest BCUT2D eigenvalue weighted by molar-refractivity contribution is 5.79. The second kappa shape index (κ2) is 6.90. The van der Waals surface area contributed by atoms with Crippen molar-refractivity contribution < 1.29 is 4.79 Å². The summed E-state index contributed by atoms with van der Waals surface area (Å²) in [6, 6.07) is 5.89. The number of likely N-dealkylation sites (tertiary alicyclic amines) is 1. The van der Waals surface area contributed by atoms with E-state index in [1.165, 1.54) is 12.8 Å². The number of aromatic nitrogens is 3. The molecule has 0 unspecified atom stereocenters. The van der Waals surface area contributed by atoms with Crippen LogP contribution in [0.15, 0.2) is 30.6 Å². The molecular formula is C20H24N4O. The Morgan fingerprint density at radius 3 is 2.76 bits per heavy atom. The van der Waals surface area contributed by atoms with E-state index in [0.717, 1.165) is 55.1 Å². The standard InChI is InChI=1S/C20H24N4O/c1-14-22-12-17(18-8-4-5-10-21-18)19(23-14)16-9-11-24(13-16)20(25)15-6-2-3-7-15/h4-5,8,10,12,15-16H,2-3,6-7,9,11,13H2,1H3/t16-/m1/s1. The van der Waals surface area contributed by atoms with E-state index in [-0.39, 0.29) is 11.8 Å². The lowest BCUT2D eigenvalue weighted by Gasteiger charge is -2.21. The van der Waals surface area contributed by atoms with E-state index in [1.807, 2.05) is 31.3 Å². The van der Waals surface area contributed by atoms with Gasteiger partial charge in [0.25, 0.3) is 0 Å². The molecule has 2 aromatic rings. The van der Waals surface area contributed by atoms with Crippen molar-refractivity contribution in [3.63, 3.8) is 0 Å². The molecule has 1 saturated heterocycles. The molecule has 1 aliphatic heterocycles. The summed E-state index contributed by atoms with van der Waals surface area (Å²) in [5, 5.41) is 0. The summed E-state index contributed by atoms with van der Waals surface area (Å²) < 4.78 is 0. The van der Waals surface area contributed by atoms with Gasteiger partial charge >= 0.3 is 0 Å². The number of hydrogen-bond donors (Lipinski definition) is 0. The molecule has 1 atom stereocenters. The summed E-state index contributed by atoms with van der Waals surface area (Å²) >= 11 is 0. The molecule has 130 valence electrons. The van der Waals surface area contributed by atoms with Crippen LogP contribution in [-0.4, -0.2) is 38.8 Å². The number of carbonyl (C=O) groups is 1. The van der Waals surface area contributed by atoms with E-state index >= 15 is 0 Å². The maximum Gasteiger partial charge on any atom is 0.225 e. The first-order chi connectivity index (χ1) is 12.2. The molecular weight excluding hydrogens is 312 g/mol. The first-order valence-electron chi connectivity index (χ1n) is 9.26. The molecule has 0 aromatic carbocycles. The van der Waals surface area contributed by atoms with E-state index in [4.69, 9.17) is 4.98 Å². The van der Waals surface area contributed by atoms with E-state index in [2.05, 4.69) is 14.9 Å². The average Bonchev–Trinajstić information content (AvgIpc) is 3.34. The van der Waals surface area contributed by atoms with Crippen molar-refractivity contribution in [3.8, 4) is 11.3 Å². The summed E-state index contributed by atoms with van der Waals surface area (Å²) in [5.41, 5.74) is 2.93. The highest BCUT2D eigenvalue weighted by atomic mass is 16.2. The number of carbonyl (C=O) groups excluding carboxylic acids is 1. The van der Waals surface area contributed by atoms with Crippen LogP contribution < -0.4 is 0 Å². The van der Waals surface area contributed by atoms with Gasteiger partial charge in [-0.25, -0.2) is 9.97 Å².